The van der Waals surface area contributed by atoms with Crippen molar-refractivity contribution in [2.45, 2.75) is 19.5 Å². The van der Waals surface area contributed by atoms with Crippen LogP contribution in [-0.2, 0) is 19.5 Å². The molecule has 4 heteroatoms. The summed E-state index contributed by atoms with van der Waals surface area (Å²) in [6, 6.07) is 10.2. The van der Waals surface area contributed by atoms with Gasteiger partial charge in [0, 0.05) is 19.5 Å². The maximum Gasteiger partial charge on any atom is 0.221 e. The van der Waals surface area contributed by atoms with Crippen molar-refractivity contribution < 1.29 is 4.74 Å². The van der Waals surface area contributed by atoms with E-state index in [1.54, 1.807) is 7.11 Å². The van der Waals surface area contributed by atoms with Crippen LogP contribution in [-0.4, -0.2) is 17.1 Å². The summed E-state index contributed by atoms with van der Waals surface area (Å²) in [6.45, 7) is 1.60. The number of nitrogens with one attached hydrogen (secondary N) is 1. The zero-order valence-corrected chi connectivity index (χ0v) is 10.3. The van der Waals surface area contributed by atoms with Crippen LogP contribution in [0.5, 0.6) is 5.88 Å². The molecular formula is C14H15N3O. The Morgan fingerprint density at radius 1 is 1.17 bits per heavy atom. The maximum absolute atomic E-state index is 5.34. The molecule has 0 spiro atoms. The Bertz CT molecular complexity index is 554. The van der Waals surface area contributed by atoms with E-state index in [2.05, 4.69) is 27.4 Å². The van der Waals surface area contributed by atoms with E-state index in [4.69, 9.17) is 4.74 Å². The minimum atomic E-state index is 0.705. The SMILES string of the molecule is COc1nc(Cc2ccccc2)nc2c1CNC2. The molecule has 92 valence electrons. The van der Waals surface area contributed by atoms with Gasteiger partial charge in [-0.05, 0) is 5.56 Å². The summed E-state index contributed by atoms with van der Waals surface area (Å²) in [5, 5.41) is 3.27. The first-order chi connectivity index (χ1) is 8.86. The molecule has 18 heavy (non-hydrogen) atoms. The van der Waals surface area contributed by atoms with Gasteiger partial charge in [-0.15, -0.1) is 0 Å². The summed E-state index contributed by atoms with van der Waals surface area (Å²) in [4.78, 5) is 9.09. The lowest BCUT2D eigenvalue weighted by atomic mass is 10.1. The molecule has 1 aliphatic rings. The Kier molecular flexibility index (Phi) is 2.94. The van der Waals surface area contributed by atoms with Crippen LogP contribution < -0.4 is 10.1 Å². The molecule has 0 atom stereocenters. The predicted molar refractivity (Wildman–Crippen MR) is 68.4 cm³/mol. The highest BCUT2D eigenvalue weighted by molar-refractivity contribution is 5.34. The lowest BCUT2D eigenvalue weighted by molar-refractivity contribution is 0.389. The summed E-state index contributed by atoms with van der Waals surface area (Å²) in [5.74, 6) is 1.52. The molecule has 0 amide bonds. The second-order valence-corrected chi connectivity index (χ2v) is 4.34. The zero-order valence-electron chi connectivity index (χ0n) is 10.3. The van der Waals surface area contributed by atoms with Gasteiger partial charge in [0.1, 0.15) is 5.82 Å². The third kappa shape index (κ3) is 2.07. The summed E-state index contributed by atoms with van der Waals surface area (Å²) < 4.78 is 5.34. The minimum Gasteiger partial charge on any atom is -0.481 e. The Labute approximate surface area is 106 Å². The highest BCUT2D eigenvalue weighted by Gasteiger charge is 2.19. The second-order valence-electron chi connectivity index (χ2n) is 4.34. The number of fused-ring (bicyclic) bond motifs is 1. The van der Waals surface area contributed by atoms with Gasteiger partial charge in [-0.25, -0.2) is 4.98 Å². The number of hydrogen-bond acceptors (Lipinski definition) is 4. The zero-order chi connectivity index (χ0) is 12.4. The van der Waals surface area contributed by atoms with Crippen LogP contribution in [0.1, 0.15) is 22.6 Å². The first-order valence-corrected chi connectivity index (χ1v) is 6.04. The molecule has 2 heterocycles. The third-order valence-electron chi connectivity index (χ3n) is 3.09. The molecule has 0 saturated carbocycles. The van der Waals surface area contributed by atoms with Crippen LogP contribution in [0.4, 0.5) is 0 Å². The average Bonchev–Trinajstić information content (AvgIpc) is 2.87. The van der Waals surface area contributed by atoms with Crippen molar-refractivity contribution in [1.82, 2.24) is 15.3 Å². The van der Waals surface area contributed by atoms with Gasteiger partial charge in [-0.2, -0.15) is 4.98 Å². The molecule has 0 unspecified atom stereocenters. The Morgan fingerprint density at radius 2 is 2.00 bits per heavy atom. The molecule has 1 aromatic heterocycles. The van der Waals surface area contributed by atoms with E-state index in [0.717, 1.165) is 36.6 Å². The minimum absolute atomic E-state index is 0.705. The first-order valence-electron chi connectivity index (χ1n) is 6.04. The fourth-order valence-corrected chi connectivity index (χ4v) is 2.21. The van der Waals surface area contributed by atoms with Crippen molar-refractivity contribution >= 4 is 0 Å². The molecule has 4 nitrogen and oxygen atoms in total. The lowest BCUT2D eigenvalue weighted by Gasteiger charge is -2.08. The molecule has 0 fully saturated rings. The van der Waals surface area contributed by atoms with Crippen LogP contribution in [0, 0.1) is 0 Å². The molecule has 3 rings (SSSR count). The van der Waals surface area contributed by atoms with Gasteiger partial charge < -0.3 is 10.1 Å². The van der Waals surface area contributed by atoms with Gasteiger partial charge in [-0.1, -0.05) is 30.3 Å². The van der Waals surface area contributed by atoms with Crippen molar-refractivity contribution in [1.29, 1.82) is 0 Å². The summed E-state index contributed by atoms with van der Waals surface area (Å²) in [6.07, 6.45) is 0.741. The summed E-state index contributed by atoms with van der Waals surface area (Å²) >= 11 is 0. The van der Waals surface area contributed by atoms with Gasteiger partial charge in [0.2, 0.25) is 5.88 Å². The van der Waals surface area contributed by atoms with E-state index in [1.165, 1.54) is 5.56 Å². The molecule has 2 aromatic rings. The van der Waals surface area contributed by atoms with E-state index < -0.39 is 0 Å². The van der Waals surface area contributed by atoms with Crippen LogP contribution in [0.25, 0.3) is 0 Å². The summed E-state index contributed by atoms with van der Waals surface area (Å²) in [7, 11) is 1.66. The third-order valence-corrected chi connectivity index (χ3v) is 3.09. The number of methoxy groups -OCH3 is 1. The quantitative estimate of drug-likeness (QED) is 0.888. The highest BCUT2D eigenvalue weighted by Crippen LogP contribution is 2.23. The summed E-state index contributed by atoms with van der Waals surface area (Å²) in [5.41, 5.74) is 3.37. The normalized spacial score (nSPS) is 13.4. The van der Waals surface area contributed by atoms with Crippen LogP contribution in [0.2, 0.25) is 0 Å². The first kappa shape index (κ1) is 11.2. The van der Waals surface area contributed by atoms with Gasteiger partial charge >= 0.3 is 0 Å². The van der Waals surface area contributed by atoms with E-state index in [1.807, 2.05) is 18.2 Å². The topological polar surface area (TPSA) is 47.0 Å². The monoisotopic (exact) mass is 241 g/mol. The Morgan fingerprint density at radius 3 is 2.78 bits per heavy atom. The van der Waals surface area contributed by atoms with Crippen molar-refractivity contribution in [2.24, 2.45) is 0 Å². The van der Waals surface area contributed by atoms with E-state index in [0.29, 0.717) is 5.88 Å². The van der Waals surface area contributed by atoms with Crippen molar-refractivity contribution in [3.63, 3.8) is 0 Å². The predicted octanol–water partition coefficient (Wildman–Crippen LogP) is 1.68. The van der Waals surface area contributed by atoms with Crippen molar-refractivity contribution in [3.8, 4) is 5.88 Å². The van der Waals surface area contributed by atoms with Crippen molar-refractivity contribution in [3.05, 3.63) is 53.0 Å². The molecule has 1 N–H and O–H groups in total. The van der Waals surface area contributed by atoms with Crippen LogP contribution in [0.15, 0.2) is 30.3 Å². The molecule has 1 aromatic carbocycles. The lowest BCUT2D eigenvalue weighted by Crippen LogP contribution is -2.04. The molecule has 0 saturated heterocycles. The number of benzene rings is 1. The number of nitrogens with zero attached hydrogens (tertiary/aromatic N) is 2. The number of hydrogen-bond donors (Lipinski definition) is 1. The number of ether oxygens (including phenoxy) is 1. The van der Waals surface area contributed by atoms with E-state index in [-0.39, 0.29) is 0 Å². The molecular weight excluding hydrogens is 226 g/mol. The Hall–Kier alpha value is -1.94. The second kappa shape index (κ2) is 4.74. The molecule has 1 aliphatic heterocycles. The number of rotatable bonds is 3. The van der Waals surface area contributed by atoms with Crippen LogP contribution in [0.3, 0.4) is 0 Å². The Balaban J connectivity index is 1.94. The van der Waals surface area contributed by atoms with Gasteiger partial charge in [0.05, 0.1) is 18.4 Å². The fraction of sp³-hybridized carbons (Fsp3) is 0.286. The standard InChI is InChI=1S/C14H15N3O/c1-18-14-11-8-15-9-12(11)16-13(17-14)7-10-5-3-2-4-6-10/h2-6,15H,7-9H2,1H3. The fourth-order valence-electron chi connectivity index (χ4n) is 2.21. The van der Waals surface area contributed by atoms with E-state index >= 15 is 0 Å². The van der Waals surface area contributed by atoms with Gasteiger partial charge in [-0.3, -0.25) is 0 Å². The van der Waals surface area contributed by atoms with Gasteiger partial charge in [0.25, 0.3) is 0 Å². The molecule has 0 radical (unpaired) electrons. The maximum atomic E-state index is 5.34. The smallest absolute Gasteiger partial charge is 0.221 e. The average molecular weight is 241 g/mol. The molecule has 0 aliphatic carbocycles. The molecule has 0 bridgehead atoms. The largest absolute Gasteiger partial charge is 0.481 e. The van der Waals surface area contributed by atoms with Gasteiger partial charge in [0.15, 0.2) is 0 Å². The van der Waals surface area contributed by atoms with E-state index in [9.17, 15) is 0 Å². The van der Waals surface area contributed by atoms with Crippen molar-refractivity contribution in [2.75, 3.05) is 7.11 Å². The highest BCUT2D eigenvalue weighted by atomic mass is 16.5. The number of aromatic nitrogens is 2. The van der Waals surface area contributed by atoms with Crippen LogP contribution >= 0.6 is 0 Å².